The third-order valence-electron chi connectivity index (χ3n) is 6.03. The van der Waals surface area contributed by atoms with Gasteiger partial charge in [-0.2, -0.15) is 0 Å². The van der Waals surface area contributed by atoms with Crippen molar-refractivity contribution in [3.63, 3.8) is 0 Å². The molecule has 5 rings (SSSR count). The van der Waals surface area contributed by atoms with Crippen LogP contribution in [0.3, 0.4) is 0 Å². The molecule has 168 valence electrons. The number of rotatable bonds is 6. The zero-order valence-corrected chi connectivity index (χ0v) is 20.4. The van der Waals surface area contributed by atoms with E-state index < -0.39 is 9.84 Å². The van der Waals surface area contributed by atoms with Gasteiger partial charge in [-0.1, -0.05) is 48.1 Å². The number of thioether (sulfide) groups is 1. The first kappa shape index (κ1) is 21.7. The average molecular weight is 487 g/mol. The molecule has 0 amide bonds. The van der Waals surface area contributed by atoms with Crippen molar-refractivity contribution in [1.29, 1.82) is 0 Å². The fraction of sp³-hybridized carbons (Fsp3) is 0.391. The summed E-state index contributed by atoms with van der Waals surface area (Å²) in [6.45, 7) is 0.761. The molecular formula is C23H26N4O2S3. The first-order valence-electron chi connectivity index (χ1n) is 10.8. The molecule has 0 saturated heterocycles. The van der Waals surface area contributed by atoms with E-state index in [2.05, 4.69) is 39.9 Å². The maximum absolute atomic E-state index is 11.7. The Labute approximate surface area is 196 Å². The molecule has 0 unspecified atom stereocenters. The van der Waals surface area contributed by atoms with Crippen molar-refractivity contribution in [2.75, 3.05) is 29.2 Å². The summed E-state index contributed by atoms with van der Waals surface area (Å²) in [7, 11) is -3.21. The van der Waals surface area contributed by atoms with Gasteiger partial charge in [0.1, 0.15) is 0 Å². The van der Waals surface area contributed by atoms with Crippen molar-refractivity contribution >= 4 is 59.1 Å². The summed E-state index contributed by atoms with van der Waals surface area (Å²) in [5, 5.41) is 8.70. The summed E-state index contributed by atoms with van der Waals surface area (Å²) >= 11 is 3.32. The van der Waals surface area contributed by atoms with Gasteiger partial charge in [-0.25, -0.2) is 13.4 Å². The fourth-order valence-corrected chi connectivity index (χ4v) is 7.10. The maximum atomic E-state index is 11.7. The van der Waals surface area contributed by atoms with Crippen molar-refractivity contribution < 1.29 is 8.42 Å². The molecule has 1 aliphatic carbocycles. The normalized spacial score (nSPS) is 17.7. The maximum Gasteiger partial charge on any atom is 0.183 e. The second-order valence-electron chi connectivity index (χ2n) is 8.56. The number of hydrogen-bond donors (Lipinski definition) is 2. The number of anilines is 2. The monoisotopic (exact) mass is 486 g/mol. The summed E-state index contributed by atoms with van der Waals surface area (Å²) in [6, 6.07) is 13.6. The molecule has 6 nitrogen and oxygen atoms in total. The van der Waals surface area contributed by atoms with Crippen LogP contribution in [0.15, 0.2) is 52.4 Å². The Morgan fingerprint density at radius 1 is 1.09 bits per heavy atom. The smallest absolute Gasteiger partial charge is 0.183 e. The number of thiazole rings is 1. The van der Waals surface area contributed by atoms with Gasteiger partial charge in [0.15, 0.2) is 20.1 Å². The van der Waals surface area contributed by atoms with Crippen molar-refractivity contribution in [1.82, 2.24) is 4.98 Å². The minimum absolute atomic E-state index is 0.200. The van der Waals surface area contributed by atoms with Gasteiger partial charge < -0.3 is 10.6 Å². The minimum Gasteiger partial charge on any atom is -0.361 e. The molecular weight excluding hydrogens is 460 g/mol. The van der Waals surface area contributed by atoms with Crippen LogP contribution in [0.2, 0.25) is 0 Å². The zero-order chi connectivity index (χ0) is 22.2. The molecule has 2 aliphatic rings. The molecule has 9 heteroatoms. The molecule has 0 bridgehead atoms. The van der Waals surface area contributed by atoms with Crippen LogP contribution < -0.4 is 10.6 Å². The predicted molar refractivity (Wildman–Crippen MR) is 136 cm³/mol. The van der Waals surface area contributed by atoms with E-state index in [1.165, 1.54) is 48.8 Å². The van der Waals surface area contributed by atoms with Crippen LogP contribution in [-0.2, 0) is 16.3 Å². The van der Waals surface area contributed by atoms with Crippen LogP contribution in [0.1, 0.15) is 31.2 Å². The SMILES string of the molecule is CS(=O)(=O)c1ccc2nc(NCCc3ccc(NC4=NC5(CCCC5)CS4)cc3)sc2c1. The largest absolute Gasteiger partial charge is 0.361 e. The van der Waals surface area contributed by atoms with E-state index in [1.54, 1.807) is 18.2 Å². The molecule has 3 aromatic rings. The lowest BCUT2D eigenvalue weighted by atomic mass is 10.0. The standard InChI is InChI=1S/C23H26N4O2S3/c1-32(28,29)18-8-9-19-20(14-18)31-21(26-19)24-13-10-16-4-6-17(7-5-16)25-22-27-23(15-30-22)11-2-3-12-23/h4-9,14H,2-3,10-13,15H2,1H3,(H,24,26)(H,25,27). The van der Waals surface area contributed by atoms with Gasteiger partial charge in [0, 0.05) is 24.2 Å². The molecule has 2 heterocycles. The quantitative estimate of drug-likeness (QED) is 0.499. The van der Waals surface area contributed by atoms with Crippen molar-refractivity contribution in [2.24, 2.45) is 4.99 Å². The van der Waals surface area contributed by atoms with E-state index >= 15 is 0 Å². The molecule has 0 radical (unpaired) electrons. The number of benzene rings is 2. The molecule has 1 fully saturated rings. The second-order valence-corrected chi connectivity index (χ2v) is 12.6. The first-order valence-corrected chi connectivity index (χ1v) is 14.5. The van der Waals surface area contributed by atoms with Crippen molar-refractivity contribution in [3.05, 3.63) is 48.0 Å². The molecule has 32 heavy (non-hydrogen) atoms. The molecule has 0 atom stereocenters. The van der Waals surface area contributed by atoms with Gasteiger partial charge in [0.2, 0.25) is 0 Å². The Bertz CT molecular complexity index is 1260. The number of hydrogen-bond acceptors (Lipinski definition) is 8. The number of aliphatic imine (C=N–C) groups is 1. The Hall–Kier alpha value is -2.10. The van der Waals surface area contributed by atoms with Crippen LogP contribution in [0, 0.1) is 0 Å². The highest BCUT2D eigenvalue weighted by atomic mass is 32.2. The Balaban J connectivity index is 1.15. The van der Waals surface area contributed by atoms with Crippen LogP contribution >= 0.6 is 23.1 Å². The first-order chi connectivity index (χ1) is 15.4. The van der Waals surface area contributed by atoms with Crippen LogP contribution in [0.25, 0.3) is 10.2 Å². The van der Waals surface area contributed by atoms with E-state index in [-0.39, 0.29) is 5.54 Å². The highest BCUT2D eigenvalue weighted by Gasteiger charge is 2.38. The van der Waals surface area contributed by atoms with Crippen molar-refractivity contribution in [3.8, 4) is 0 Å². The number of aromatic nitrogens is 1. The highest BCUT2D eigenvalue weighted by Crippen LogP contribution is 2.41. The van der Waals surface area contributed by atoms with E-state index in [0.717, 1.165) is 44.9 Å². The third-order valence-corrected chi connectivity index (χ3v) is 9.27. The Morgan fingerprint density at radius 2 is 1.88 bits per heavy atom. The summed E-state index contributed by atoms with van der Waals surface area (Å²) in [4.78, 5) is 9.86. The van der Waals surface area contributed by atoms with Gasteiger partial charge in [0.05, 0.1) is 20.7 Å². The number of nitrogens with one attached hydrogen (secondary N) is 2. The average Bonchev–Trinajstić information content (AvgIpc) is 3.49. The van der Waals surface area contributed by atoms with E-state index in [0.29, 0.717) is 4.90 Å². The number of sulfone groups is 1. The summed E-state index contributed by atoms with van der Waals surface area (Å²) in [5.41, 5.74) is 3.34. The fourth-order valence-electron chi connectivity index (χ4n) is 4.24. The summed E-state index contributed by atoms with van der Waals surface area (Å²) in [5.74, 6) is 1.11. The molecule has 1 aromatic heterocycles. The molecule has 1 saturated carbocycles. The van der Waals surface area contributed by atoms with Crippen molar-refractivity contribution in [2.45, 2.75) is 42.5 Å². The second kappa shape index (κ2) is 8.68. The molecule has 1 spiro atoms. The minimum atomic E-state index is -3.21. The molecule has 2 N–H and O–H groups in total. The lowest BCUT2D eigenvalue weighted by Gasteiger charge is -2.16. The van der Waals surface area contributed by atoms with E-state index in [4.69, 9.17) is 4.99 Å². The number of nitrogens with zero attached hydrogens (tertiary/aromatic N) is 2. The van der Waals surface area contributed by atoms with Crippen LogP contribution in [0.4, 0.5) is 10.8 Å². The lowest BCUT2D eigenvalue weighted by Crippen LogP contribution is -2.21. The topological polar surface area (TPSA) is 83.5 Å². The number of amidine groups is 1. The number of fused-ring (bicyclic) bond motifs is 1. The zero-order valence-electron chi connectivity index (χ0n) is 17.9. The van der Waals surface area contributed by atoms with Crippen LogP contribution in [-0.4, -0.2) is 42.7 Å². The van der Waals surface area contributed by atoms with Crippen LogP contribution in [0.5, 0.6) is 0 Å². The molecule has 1 aliphatic heterocycles. The molecule has 2 aromatic carbocycles. The summed E-state index contributed by atoms with van der Waals surface area (Å²) in [6.07, 6.45) is 7.16. The van der Waals surface area contributed by atoms with E-state index in [9.17, 15) is 8.42 Å². The van der Waals surface area contributed by atoms with Gasteiger partial charge in [-0.15, -0.1) is 0 Å². The third kappa shape index (κ3) is 4.79. The van der Waals surface area contributed by atoms with Gasteiger partial charge in [-0.05, 0) is 55.2 Å². The highest BCUT2D eigenvalue weighted by molar-refractivity contribution is 8.14. The Morgan fingerprint density at radius 3 is 2.62 bits per heavy atom. The predicted octanol–water partition coefficient (Wildman–Crippen LogP) is 5.18. The van der Waals surface area contributed by atoms with Gasteiger partial charge >= 0.3 is 0 Å². The summed E-state index contributed by atoms with van der Waals surface area (Å²) < 4.78 is 24.4. The lowest BCUT2D eigenvalue weighted by molar-refractivity contribution is 0.508. The van der Waals surface area contributed by atoms with Gasteiger partial charge in [0.25, 0.3) is 0 Å². The van der Waals surface area contributed by atoms with E-state index in [1.807, 2.05) is 11.8 Å². The Kier molecular flexibility index (Phi) is 5.90. The van der Waals surface area contributed by atoms with Gasteiger partial charge in [-0.3, -0.25) is 4.99 Å².